The van der Waals surface area contributed by atoms with Gasteiger partial charge in [0.2, 0.25) is 5.95 Å². The van der Waals surface area contributed by atoms with E-state index in [1.165, 1.54) is 31.4 Å². The SMILES string of the molecule is CNC(=O)c1cc(Oc2ccc3nnc(Nc4ccc(CI)c(C(F)(F)F)c4)nc3c2)ccn1. The summed E-state index contributed by atoms with van der Waals surface area (Å²) in [6.45, 7) is 0. The summed E-state index contributed by atoms with van der Waals surface area (Å²) >= 11 is 1.89. The van der Waals surface area contributed by atoms with Crippen molar-refractivity contribution >= 4 is 51.2 Å². The molecule has 1 amide bonds. The topological polar surface area (TPSA) is 102 Å². The summed E-state index contributed by atoms with van der Waals surface area (Å²) in [5.74, 6) is 0.491. The van der Waals surface area contributed by atoms with Crippen molar-refractivity contribution in [1.82, 2.24) is 25.5 Å². The van der Waals surface area contributed by atoms with E-state index in [9.17, 15) is 18.0 Å². The van der Waals surface area contributed by atoms with Gasteiger partial charge in [0.1, 0.15) is 22.7 Å². The number of rotatable bonds is 6. The van der Waals surface area contributed by atoms with Gasteiger partial charge in [-0.25, -0.2) is 4.98 Å². The van der Waals surface area contributed by atoms with Crippen molar-refractivity contribution < 1.29 is 22.7 Å². The highest BCUT2D eigenvalue weighted by Gasteiger charge is 2.33. The fourth-order valence-electron chi connectivity index (χ4n) is 3.06. The number of carbonyl (C=O) groups excluding carboxylic acids is 1. The molecule has 4 aromatic rings. The highest BCUT2D eigenvalue weighted by molar-refractivity contribution is 14.1. The minimum atomic E-state index is -4.47. The Bertz CT molecular complexity index is 1370. The zero-order valence-corrected chi connectivity index (χ0v) is 19.7. The van der Waals surface area contributed by atoms with Crippen molar-refractivity contribution in [2.75, 3.05) is 12.4 Å². The molecule has 0 aliphatic heterocycles. The fraction of sp³-hybridized carbons (Fsp3) is 0.136. The van der Waals surface area contributed by atoms with Crippen molar-refractivity contribution in [3.8, 4) is 11.5 Å². The van der Waals surface area contributed by atoms with Crippen LogP contribution in [0.25, 0.3) is 11.0 Å². The number of carbonyl (C=O) groups is 1. The van der Waals surface area contributed by atoms with Gasteiger partial charge >= 0.3 is 6.18 Å². The number of nitrogens with one attached hydrogen (secondary N) is 2. The van der Waals surface area contributed by atoms with Gasteiger partial charge in [-0.3, -0.25) is 9.78 Å². The van der Waals surface area contributed by atoms with E-state index in [4.69, 9.17) is 4.74 Å². The summed E-state index contributed by atoms with van der Waals surface area (Å²) in [5, 5.41) is 13.3. The number of amides is 1. The lowest BCUT2D eigenvalue weighted by Crippen LogP contribution is -2.18. The Morgan fingerprint density at radius 1 is 1.03 bits per heavy atom. The van der Waals surface area contributed by atoms with E-state index in [0.717, 1.165) is 6.07 Å². The molecule has 2 N–H and O–H groups in total. The molecule has 8 nitrogen and oxygen atoms in total. The average molecular weight is 580 g/mol. The predicted molar refractivity (Wildman–Crippen MR) is 127 cm³/mol. The van der Waals surface area contributed by atoms with E-state index in [-0.39, 0.29) is 33.2 Å². The second kappa shape index (κ2) is 9.75. The Morgan fingerprint density at radius 2 is 1.82 bits per heavy atom. The van der Waals surface area contributed by atoms with Gasteiger partial charge in [0.05, 0.1) is 11.1 Å². The van der Waals surface area contributed by atoms with Crippen LogP contribution in [0.3, 0.4) is 0 Å². The Morgan fingerprint density at radius 3 is 2.56 bits per heavy atom. The molecule has 2 heterocycles. The smallest absolute Gasteiger partial charge is 0.416 e. The largest absolute Gasteiger partial charge is 0.457 e. The molecule has 4 rings (SSSR count). The number of anilines is 2. The lowest BCUT2D eigenvalue weighted by Gasteiger charge is -2.13. The molecule has 12 heteroatoms. The van der Waals surface area contributed by atoms with Gasteiger partial charge in [-0.2, -0.15) is 13.2 Å². The molecule has 0 radical (unpaired) electrons. The molecule has 0 aliphatic carbocycles. The molecular weight excluding hydrogens is 564 g/mol. The van der Waals surface area contributed by atoms with Crippen LogP contribution in [0.5, 0.6) is 11.5 Å². The van der Waals surface area contributed by atoms with Crippen molar-refractivity contribution in [3.63, 3.8) is 0 Å². The minimum absolute atomic E-state index is 0.0332. The molecule has 0 atom stereocenters. The third kappa shape index (κ3) is 5.32. The number of aromatic nitrogens is 4. The number of hydrogen-bond donors (Lipinski definition) is 2. The molecule has 2 aromatic heterocycles. The Labute approximate surface area is 205 Å². The number of alkyl halides is 4. The third-order valence-corrected chi connectivity index (χ3v) is 5.49. The van der Waals surface area contributed by atoms with E-state index < -0.39 is 11.7 Å². The van der Waals surface area contributed by atoms with Crippen molar-refractivity contribution in [3.05, 3.63) is 71.5 Å². The number of pyridine rings is 1. The Balaban J connectivity index is 1.59. The van der Waals surface area contributed by atoms with Crippen LogP contribution in [0.2, 0.25) is 0 Å². The molecule has 0 fully saturated rings. The van der Waals surface area contributed by atoms with Crippen LogP contribution in [0.1, 0.15) is 21.6 Å². The van der Waals surface area contributed by atoms with Gasteiger partial charge in [-0.1, -0.05) is 28.7 Å². The summed E-state index contributed by atoms with van der Waals surface area (Å²) in [5.41, 5.74) is 0.736. The zero-order valence-electron chi connectivity index (χ0n) is 17.5. The maximum Gasteiger partial charge on any atom is 0.416 e. The van der Waals surface area contributed by atoms with E-state index in [0.29, 0.717) is 22.5 Å². The summed E-state index contributed by atoms with van der Waals surface area (Å²) in [7, 11) is 1.50. The molecule has 0 saturated carbocycles. The molecule has 0 saturated heterocycles. The minimum Gasteiger partial charge on any atom is -0.457 e. The monoisotopic (exact) mass is 580 g/mol. The average Bonchev–Trinajstić information content (AvgIpc) is 2.83. The number of hydrogen-bond acceptors (Lipinski definition) is 7. The first-order valence-corrected chi connectivity index (χ1v) is 11.3. The van der Waals surface area contributed by atoms with Crippen molar-refractivity contribution in [1.29, 1.82) is 0 Å². The van der Waals surface area contributed by atoms with Crippen LogP contribution in [0, 0.1) is 0 Å². The number of fused-ring (bicyclic) bond motifs is 1. The van der Waals surface area contributed by atoms with Gasteiger partial charge < -0.3 is 15.4 Å². The van der Waals surface area contributed by atoms with Crippen LogP contribution < -0.4 is 15.4 Å². The Hall–Kier alpha value is -3.55. The quantitative estimate of drug-likeness (QED) is 0.237. The number of nitrogens with zero attached hydrogens (tertiary/aromatic N) is 4. The third-order valence-electron chi connectivity index (χ3n) is 4.67. The summed E-state index contributed by atoms with van der Waals surface area (Å²) < 4.78 is 46.1. The van der Waals surface area contributed by atoms with Gasteiger partial charge in [0.25, 0.3) is 5.91 Å². The second-order valence-corrected chi connectivity index (χ2v) is 7.74. The van der Waals surface area contributed by atoms with E-state index in [1.807, 2.05) is 22.6 Å². The highest BCUT2D eigenvalue weighted by atomic mass is 127. The summed E-state index contributed by atoms with van der Waals surface area (Å²) in [6.07, 6.45) is -3.02. The molecule has 174 valence electrons. The van der Waals surface area contributed by atoms with Crippen LogP contribution in [-0.4, -0.2) is 33.1 Å². The van der Waals surface area contributed by atoms with Gasteiger partial charge in [0, 0.05) is 35.5 Å². The molecule has 0 spiro atoms. The number of ether oxygens (including phenoxy) is 1. The summed E-state index contributed by atoms with van der Waals surface area (Å²) in [4.78, 5) is 20.1. The first-order chi connectivity index (χ1) is 16.3. The first-order valence-electron chi connectivity index (χ1n) is 9.80. The van der Waals surface area contributed by atoms with Gasteiger partial charge in [-0.05, 0) is 35.9 Å². The second-order valence-electron chi connectivity index (χ2n) is 6.97. The maximum absolute atomic E-state index is 13.4. The van der Waals surface area contributed by atoms with Crippen LogP contribution in [-0.2, 0) is 10.6 Å². The normalized spacial score (nSPS) is 11.3. The lowest BCUT2D eigenvalue weighted by atomic mass is 10.1. The van der Waals surface area contributed by atoms with E-state index >= 15 is 0 Å². The van der Waals surface area contributed by atoms with E-state index in [1.54, 1.807) is 24.3 Å². The maximum atomic E-state index is 13.4. The molecule has 34 heavy (non-hydrogen) atoms. The van der Waals surface area contributed by atoms with Gasteiger partial charge in [0.15, 0.2) is 0 Å². The highest BCUT2D eigenvalue weighted by Crippen LogP contribution is 2.35. The van der Waals surface area contributed by atoms with Crippen LogP contribution in [0.4, 0.5) is 24.8 Å². The fourth-order valence-corrected chi connectivity index (χ4v) is 3.72. The zero-order chi connectivity index (χ0) is 24.3. The number of benzene rings is 2. The Kier molecular flexibility index (Phi) is 6.77. The standard InChI is InChI=1S/C22H16F3IN6O2/c1-27-20(33)19-10-15(6-7-28-19)34-14-4-5-17-18(9-14)30-21(32-31-17)29-13-3-2-12(11-26)16(8-13)22(23,24)25/h2-10H,11H2,1H3,(H,27,33)(H,29,30,32). The van der Waals surface area contributed by atoms with Crippen LogP contribution in [0.15, 0.2) is 54.7 Å². The van der Waals surface area contributed by atoms with Gasteiger partial charge in [-0.15, -0.1) is 10.2 Å². The van der Waals surface area contributed by atoms with E-state index in [2.05, 4.69) is 30.8 Å². The summed E-state index contributed by atoms with van der Waals surface area (Å²) in [6, 6.07) is 12.0. The van der Waals surface area contributed by atoms with Crippen molar-refractivity contribution in [2.45, 2.75) is 10.6 Å². The molecule has 2 aromatic carbocycles. The van der Waals surface area contributed by atoms with Crippen molar-refractivity contribution in [2.24, 2.45) is 0 Å². The predicted octanol–water partition coefficient (Wildman–Crippen LogP) is 5.27. The van der Waals surface area contributed by atoms with Crippen LogP contribution >= 0.6 is 22.6 Å². The lowest BCUT2D eigenvalue weighted by molar-refractivity contribution is -0.138. The molecule has 0 aliphatic rings. The molecule has 0 unspecified atom stereocenters. The molecule has 0 bridgehead atoms. The molecular formula is C22H16F3IN6O2. The number of halogens is 4. The first kappa shape index (κ1) is 23.6.